The molecule has 0 aliphatic carbocycles. The van der Waals surface area contributed by atoms with Crippen LogP contribution in [0.15, 0.2) is 24.5 Å². The fourth-order valence-corrected chi connectivity index (χ4v) is 2.96. The van der Waals surface area contributed by atoms with Crippen molar-refractivity contribution in [3.63, 3.8) is 0 Å². The van der Waals surface area contributed by atoms with E-state index in [1.165, 1.54) is 12.0 Å². The third kappa shape index (κ3) is 1.93. The van der Waals surface area contributed by atoms with Crippen LogP contribution in [0.3, 0.4) is 0 Å². The van der Waals surface area contributed by atoms with Gasteiger partial charge in [0.15, 0.2) is 0 Å². The number of nitrogens with one attached hydrogen (secondary N) is 1. The van der Waals surface area contributed by atoms with Crippen LogP contribution < -0.4 is 5.32 Å². The number of hydrogen-bond acceptors (Lipinski definition) is 3. The summed E-state index contributed by atoms with van der Waals surface area (Å²) in [6.07, 6.45) is 7.11. The SMILES string of the molecule is O=C1CNC(c2ccncc2)C2CCCCN12. The van der Waals surface area contributed by atoms with Crippen molar-refractivity contribution in [3.8, 4) is 0 Å². The average Bonchev–Trinajstić information content (AvgIpc) is 2.41. The molecule has 0 radical (unpaired) electrons. The Balaban J connectivity index is 1.87. The first-order chi connectivity index (χ1) is 8.36. The van der Waals surface area contributed by atoms with Gasteiger partial charge in [-0.05, 0) is 37.0 Å². The van der Waals surface area contributed by atoms with Gasteiger partial charge in [-0.25, -0.2) is 0 Å². The number of piperidine rings is 1. The van der Waals surface area contributed by atoms with Crippen LogP contribution >= 0.6 is 0 Å². The molecule has 2 atom stereocenters. The normalized spacial score (nSPS) is 28.9. The number of aromatic nitrogens is 1. The van der Waals surface area contributed by atoms with Crippen LogP contribution in [-0.2, 0) is 4.79 Å². The first-order valence-corrected chi connectivity index (χ1v) is 6.29. The second kappa shape index (κ2) is 4.45. The first kappa shape index (κ1) is 10.7. The van der Waals surface area contributed by atoms with Crippen LogP contribution in [-0.4, -0.2) is 34.9 Å². The molecule has 0 aromatic carbocycles. The van der Waals surface area contributed by atoms with E-state index in [0.29, 0.717) is 12.6 Å². The summed E-state index contributed by atoms with van der Waals surface area (Å²) in [5.41, 5.74) is 1.24. The van der Waals surface area contributed by atoms with E-state index in [1.54, 1.807) is 0 Å². The Morgan fingerprint density at radius 2 is 2.12 bits per heavy atom. The van der Waals surface area contributed by atoms with Crippen LogP contribution in [0.5, 0.6) is 0 Å². The average molecular weight is 231 g/mol. The Bertz CT molecular complexity index is 406. The van der Waals surface area contributed by atoms with Gasteiger partial charge in [-0.15, -0.1) is 0 Å². The van der Waals surface area contributed by atoms with E-state index in [2.05, 4.69) is 15.2 Å². The molecule has 3 heterocycles. The maximum absolute atomic E-state index is 11.9. The number of carbonyl (C=O) groups excluding carboxylic acids is 1. The third-order valence-corrected chi connectivity index (χ3v) is 3.79. The molecule has 1 aromatic heterocycles. The zero-order valence-electron chi connectivity index (χ0n) is 9.80. The molecule has 1 amide bonds. The monoisotopic (exact) mass is 231 g/mol. The molecule has 0 bridgehead atoms. The Labute approximate surface area is 101 Å². The summed E-state index contributed by atoms with van der Waals surface area (Å²) in [5.74, 6) is 0.250. The largest absolute Gasteiger partial charge is 0.337 e. The van der Waals surface area contributed by atoms with Crippen molar-refractivity contribution in [2.75, 3.05) is 13.1 Å². The fourth-order valence-electron chi connectivity index (χ4n) is 2.96. The highest BCUT2D eigenvalue weighted by atomic mass is 16.2. The minimum Gasteiger partial charge on any atom is -0.337 e. The second-order valence-corrected chi connectivity index (χ2v) is 4.79. The highest BCUT2D eigenvalue weighted by molar-refractivity contribution is 5.79. The van der Waals surface area contributed by atoms with Gasteiger partial charge in [-0.3, -0.25) is 15.1 Å². The molecule has 1 aromatic rings. The maximum atomic E-state index is 11.9. The van der Waals surface area contributed by atoms with Gasteiger partial charge in [-0.2, -0.15) is 0 Å². The molecule has 3 rings (SSSR count). The number of piperazine rings is 1. The minimum atomic E-state index is 0.250. The maximum Gasteiger partial charge on any atom is 0.236 e. The summed E-state index contributed by atoms with van der Waals surface area (Å²) in [5, 5.41) is 3.37. The summed E-state index contributed by atoms with van der Waals surface area (Å²) >= 11 is 0. The van der Waals surface area contributed by atoms with E-state index in [-0.39, 0.29) is 11.9 Å². The lowest BCUT2D eigenvalue weighted by Gasteiger charge is -2.44. The van der Waals surface area contributed by atoms with Crippen LogP contribution in [0.2, 0.25) is 0 Å². The van der Waals surface area contributed by atoms with Gasteiger partial charge in [0, 0.05) is 18.9 Å². The lowest BCUT2D eigenvalue weighted by Crippen LogP contribution is -2.57. The van der Waals surface area contributed by atoms with Crippen molar-refractivity contribution in [2.24, 2.45) is 0 Å². The number of carbonyl (C=O) groups is 1. The van der Waals surface area contributed by atoms with E-state index in [1.807, 2.05) is 24.5 Å². The highest BCUT2D eigenvalue weighted by Gasteiger charge is 2.37. The summed E-state index contributed by atoms with van der Waals surface area (Å²) in [6.45, 7) is 1.39. The molecule has 1 N–H and O–H groups in total. The zero-order chi connectivity index (χ0) is 11.7. The summed E-state index contributed by atoms with van der Waals surface area (Å²) in [7, 11) is 0. The van der Waals surface area contributed by atoms with Crippen LogP contribution in [0.25, 0.3) is 0 Å². The predicted molar refractivity (Wildman–Crippen MR) is 64.3 cm³/mol. The van der Waals surface area contributed by atoms with Gasteiger partial charge in [0.25, 0.3) is 0 Å². The molecule has 2 saturated heterocycles. The lowest BCUT2D eigenvalue weighted by atomic mass is 9.89. The van der Waals surface area contributed by atoms with E-state index in [0.717, 1.165) is 19.4 Å². The van der Waals surface area contributed by atoms with Gasteiger partial charge < -0.3 is 4.90 Å². The van der Waals surface area contributed by atoms with Crippen molar-refractivity contribution in [1.82, 2.24) is 15.2 Å². The highest BCUT2D eigenvalue weighted by Crippen LogP contribution is 2.30. The number of fused-ring (bicyclic) bond motifs is 1. The smallest absolute Gasteiger partial charge is 0.236 e. The lowest BCUT2D eigenvalue weighted by molar-refractivity contribution is -0.138. The Kier molecular flexibility index (Phi) is 2.81. The van der Waals surface area contributed by atoms with Crippen LogP contribution in [0, 0.1) is 0 Å². The number of nitrogens with zero attached hydrogens (tertiary/aromatic N) is 2. The molecule has 0 spiro atoms. The molecule has 4 nitrogen and oxygen atoms in total. The molecular weight excluding hydrogens is 214 g/mol. The molecule has 0 saturated carbocycles. The number of rotatable bonds is 1. The van der Waals surface area contributed by atoms with E-state index in [4.69, 9.17) is 0 Å². The van der Waals surface area contributed by atoms with E-state index in [9.17, 15) is 4.79 Å². The van der Waals surface area contributed by atoms with Crippen molar-refractivity contribution in [1.29, 1.82) is 0 Å². The first-order valence-electron chi connectivity index (χ1n) is 6.29. The topological polar surface area (TPSA) is 45.2 Å². The Hall–Kier alpha value is -1.42. The molecule has 2 fully saturated rings. The van der Waals surface area contributed by atoms with E-state index < -0.39 is 0 Å². The summed E-state index contributed by atoms with van der Waals surface area (Å²) in [4.78, 5) is 18.0. The molecule has 90 valence electrons. The van der Waals surface area contributed by atoms with E-state index >= 15 is 0 Å². The number of hydrogen-bond donors (Lipinski definition) is 1. The fraction of sp³-hybridized carbons (Fsp3) is 0.538. The predicted octanol–water partition coefficient (Wildman–Crippen LogP) is 1.11. The molecule has 2 aliphatic heterocycles. The molecule has 2 unspecified atom stereocenters. The number of pyridine rings is 1. The van der Waals surface area contributed by atoms with Crippen LogP contribution in [0.4, 0.5) is 0 Å². The molecule has 2 aliphatic rings. The molecule has 4 heteroatoms. The summed E-state index contributed by atoms with van der Waals surface area (Å²) < 4.78 is 0. The molecular formula is C13H17N3O. The zero-order valence-corrected chi connectivity index (χ0v) is 9.80. The van der Waals surface area contributed by atoms with Gasteiger partial charge >= 0.3 is 0 Å². The van der Waals surface area contributed by atoms with Gasteiger partial charge in [-0.1, -0.05) is 0 Å². The third-order valence-electron chi connectivity index (χ3n) is 3.79. The second-order valence-electron chi connectivity index (χ2n) is 4.79. The van der Waals surface area contributed by atoms with Gasteiger partial charge in [0.05, 0.1) is 18.6 Å². The minimum absolute atomic E-state index is 0.250. The van der Waals surface area contributed by atoms with Crippen molar-refractivity contribution < 1.29 is 4.79 Å². The molecule has 17 heavy (non-hydrogen) atoms. The standard InChI is InChI=1S/C13H17N3O/c17-12-9-15-13(10-4-6-14-7-5-10)11-3-1-2-8-16(11)12/h4-7,11,13,15H,1-3,8-9H2. The van der Waals surface area contributed by atoms with Gasteiger partial charge in [0.2, 0.25) is 5.91 Å². The van der Waals surface area contributed by atoms with Gasteiger partial charge in [0.1, 0.15) is 0 Å². The Morgan fingerprint density at radius 1 is 1.29 bits per heavy atom. The van der Waals surface area contributed by atoms with Crippen molar-refractivity contribution in [3.05, 3.63) is 30.1 Å². The number of amides is 1. The van der Waals surface area contributed by atoms with Crippen molar-refractivity contribution in [2.45, 2.75) is 31.3 Å². The Morgan fingerprint density at radius 3 is 2.94 bits per heavy atom. The van der Waals surface area contributed by atoms with Crippen molar-refractivity contribution >= 4 is 5.91 Å². The summed E-state index contributed by atoms with van der Waals surface area (Å²) in [6, 6.07) is 4.68. The quantitative estimate of drug-likeness (QED) is 0.787. The van der Waals surface area contributed by atoms with Crippen LogP contribution in [0.1, 0.15) is 30.9 Å².